The van der Waals surface area contributed by atoms with Crippen LogP contribution >= 0.6 is 27.5 Å². The highest BCUT2D eigenvalue weighted by Crippen LogP contribution is 2.26. The predicted molar refractivity (Wildman–Crippen MR) is 46.1 cm³/mol. The molecule has 1 aromatic rings. The maximum atomic E-state index is 12.8. The number of rotatable bonds is 1. The van der Waals surface area contributed by atoms with Crippen molar-refractivity contribution < 1.29 is 14.3 Å². The number of hydrogen-bond acceptors (Lipinski definition) is 1. The van der Waals surface area contributed by atoms with Crippen molar-refractivity contribution in [3.05, 3.63) is 33.0 Å². The van der Waals surface area contributed by atoms with Gasteiger partial charge in [0.15, 0.2) is 0 Å². The van der Waals surface area contributed by atoms with E-state index >= 15 is 0 Å². The number of aromatic carboxylic acids is 1. The van der Waals surface area contributed by atoms with Crippen molar-refractivity contribution in [2.24, 2.45) is 0 Å². The van der Waals surface area contributed by atoms with Crippen LogP contribution in [0.15, 0.2) is 16.6 Å². The van der Waals surface area contributed by atoms with Crippen molar-refractivity contribution in [2.75, 3.05) is 0 Å². The minimum absolute atomic E-state index is 0.111. The van der Waals surface area contributed by atoms with Crippen LogP contribution in [-0.2, 0) is 0 Å². The van der Waals surface area contributed by atoms with Gasteiger partial charge >= 0.3 is 5.97 Å². The summed E-state index contributed by atoms with van der Waals surface area (Å²) in [5.41, 5.74) is -0.135. The lowest BCUT2D eigenvalue weighted by molar-refractivity contribution is 0.0696. The van der Waals surface area contributed by atoms with E-state index in [4.69, 9.17) is 16.7 Å². The molecule has 0 atom stereocenters. The summed E-state index contributed by atoms with van der Waals surface area (Å²) in [4.78, 5) is 10.4. The van der Waals surface area contributed by atoms with E-state index in [1.54, 1.807) is 0 Å². The first-order valence-corrected chi connectivity index (χ1v) is 4.07. The molecule has 0 spiro atoms. The zero-order valence-electron chi connectivity index (χ0n) is 5.64. The van der Waals surface area contributed by atoms with E-state index < -0.39 is 11.8 Å². The van der Waals surface area contributed by atoms with Crippen LogP contribution < -0.4 is 0 Å². The molecule has 0 bridgehead atoms. The molecule has 0 aromatic heterocycles. The zero-order chi connectivity index (χ0) is 9.30. The normalized spacial score (nSPS) is 9.92. The van der Waals surface area contributed by atoms with E-state index in [9.17, 15) is 9.18 Å². The molecule has 0 heterocycles. The van der Waals surface area contributed by atoms with Crippen LogP contribution in [-0.4, -0.2) is 11.1 Å². The maximum Gasteiger partial charge on any atom is 0.335 e. The third-order valence-corrected chi connectivity index (χ3v) is 2.47. The monoisotopic (exact) mass is 252 g/mol. The summed E-state index contributed by atoms with van der Waals surface area (Å²) in [5, 5.41) is 8.38. The van der Waals surface area contributed by atoms with Gasteiger partial charge in [-0.2, -0.15) is 0 Å². The van der Waals surface area contributed by atoms with Gasteiger partial charge in [0.2, 0.25) is 0 Å². The standard InChI is InChI=1S/C7H3BrClFO2/c8-4-1-3(7(11)12)2-5(10)6(4)9/h1-2H,(H,11,12). The first-order valence-electron chi connectivity index (χ1n) is 2.90. The number of hydrogen-bond donors (Lipinski definition) is 1. The second kappa shape index (κ2) is 3.41. The van der Waals surface area contributed by atoms with Gasteiger partial charge in [-0.05, 0) is 28.1 Å². The van der Waals surface area contributed by atoms with E-state index in [1.807, 2.05) is 0 Å². The summed E-state index contributed by atoms with van der Waals surface area (Å²) < 4.78 is 13.0. The van der Waals surface area contributed by atoms with Gasteiger partial charge < -0.3 is 5.11 Å². The molecule has 0 radical (unpaired) electrons. The highest BCUT2D eigenvalue weighted by molar-refractivity contribution is 9.10. The van der Waals surface area contributed by atoms with Crippen LogP contribution in [0.5, 0.6) is 0 Å². The number of halogens is 3. The molecule has 1 N–H and O–H groups in total. The smallest absolute Gasteiger partial charge is 0.335 e. The molecule has 12 heavy (non-hydrogen) atoms. The molecule has 0 saturated heterocycles. The van der Waals surface area contributed by atoms with Crippen molar-refractivity contribution in [3.63, 3.8) is 0 Å². The lowest BCUT2D eigenvalue weighted by atomic mass is 10.2. The Morgan fingerprint density at radius 1 is 1.58 bits per heavy atom. The van der Waals surface area contributed by atoms with Crippen LogP contribution in [0.4, 0.5) is 4.39 Å². The van der Waals surface area contributed by atoms with Crippen molar-refractivity contribution >= 4 is 33.5 Å². The Morgan fingerprint density at radius 3 is 2.58 bits per heavy atom. The Bertz CT molecular complexity index is 317. The molecule has 0 aliphatic carbocycles. The molecule has 5 heteroatoms. The topological polar surface area (TPSA) is 37.3 Å². The van der Waals surface area contributed by atoms with Gasteiger partial charge in [0.1, 0.15) is 5.82 Å². The van der Waals surface area contributed by atoms with Crippen LogP contribution in [0.3, 0.4) is 0 Å². The maximum absolute atomic E-state index is 12.8. The van der Waals surface area contributed by atoms with Gasteiger partial charge in [-0.1, -0.05) is 11.6 Å². The molecule has 64 valence electrons. The average molecular weight is 253 g/mol. The summed E-state index contributed by atoms with van der Waals surface area (Å²) >= 11 is 8.37. The van der Waals surface area contributed by atoms with E-state index in [0.29, 0.717) is 0 Å². The molecule has 0 aliphatic rings. The molecule has 1 aromatic carbocycles. The van der Waals surface area contributed by atoms with Crippen molar-refractivity contribution in [2.45, 2.75) is 0 Å². The number of carbonyl (C=O) groups is 1. The lowest BCUT2D eigenvalue weighted by Crippen LogP contribution is -1.97. The van der Waals surface area contributed by atoms with Crippen LogP contribution in [0.1, 0.15) is 10.4 Å². The average Bonchev–Trinajstić information content (AvgIpc) is 1.99. The van der Waals surface area contributed by atoms with Gasteiger partial charge in [-0.15, -0.1) is 0 Å². The summed E-state index contributed by atoms with van der Waals surface area (Å²) in [6.07, 6.45) is 0. The Labute approximate surface area is 81.1 Å². The minimum Gasteiger partial charge on any atom is -0.478 e. The van der Waals surface area contributed by atoms with Gasteiger partial charge in [-0.25, -0.2) is 9.18 Å². The van der Waals surface area contributed by atoms with E-state index in [2.05, 4.69) is 15.9 Å². The second-order valence-electron chi connectivity index (χ2n) is 2.06. The number of carboxylic acid groups (broad SMARTS) is 1. The van der Waals surface area contributed by atoms with Gasteiger partial charge in [0.05, 0.1) is 10.6 Å². The highest BCUT2D eigenvalue weighted by Gasteiger charge is 2.10. The quantitative estimate of drug-likeness (QED) is 0.781. The summed E-state index contributed by atoms with van der Waals surface area (Å²) in [7, 11) is 0. The Morgan fingerprint density at radius 2 is 2.17 bits per heavy atom. The zero-order valence-corrected chi connectivity index (χ0v) is 7.99. The van der Waals surface area contributed by atoms with Gasteiger partial charge in [0.25, 0.3) is 0 Å². The number of carboxylic acids is 1. The molecule has 2 nitrogen and oxygen atoms in total. The molecular formula is C7H3BrClFO2. The fraction of sp³-hybridized carbons (Fsp3) is 0. The molecular weight excluding hydrogens is 250 g/mol. The first kappa shape index (κ1) is 9.48. The van der Waals surface area contributed by atoms with Crippen molar-refractivity contribution in [1.29, 1.82) is 0 Å². The van der Waals surface area contributed by atoms with E-state index in [1.165, 1.54) is 6.07 Å². The van der Waals surface area contributed by atoms with E-state index in [0.717, 1.165) is 6.07 Å². The summed E-state index contributed by atoms with van der Waals surface area (Å²) in [6, 6.07) is 2.11. The molecule has 0 aliphatic heterocycles. The summed E-state index contributed by atoms with van der Waals surface area (Å²) in [6.45, 7) is 0. The Balaban J connectivity index is 3.31. The molecule has 1 rings (SSSR count). The van der Waals surface area contributed by atoms with Crippen molar-refractivity contribution in [3.8, 4) is 0 Å². The SMILES string of the molecule is O=C(O)c1cc(F)c(Cl)c(Br)c1. The third kappa shape index (κ3) is 1.76. The fourth-order valence-corrected chi connectivity index (χ4v) is 1.22. The van der Waals surface area contributed by atoms with Gasteiger partial charge in [-0.3, -0.25) is 0 Å². The Hall–Kier alpha value is -0.610. The second-order valence-corrected chi connectivity index (χ2v) is 3.29. The highest BCUT2D eigenvalue weighted by atomic mass is 79.9. The first-order chi connectivity index (χ1) is 5.52. The largest absolute Gasteiger partial charge is 0.478 e. The molecule has 0 amide bonds. The van der Waals surface area contributed by atoms with Gasteiger partial charge in [0, 0.05) is 4.47 Å². The summed E-state index contributed by atoms with van der Waals surface area (Å²) in [5.74, 6) is -1.94. The fourth-order valence-electron chi connectivity index (χ4n) is 0.679. The minimum atomic E-state index is -1.19. The van der Waals surface area contributed by atoms with Crippen LogP contribution in [0.2, 0.25) is 5.02 Å². The molecule has 0 fully saturated rings. The third-order valence-electron chi connectivity index (χ3n) is 1.23. The Kier molecular flexibility index (Phi) is 2.69. The number of benzene rings is 1. The molecule has 0 saturated carbocycles. The van der Waals surface area contributed by atoms with E-state index in [-0.39, 0.29) is 15.1 Å². The predicted octanol–water partition coefficient (Wildman–Crippen LogP) is 2.94. The van der Waals surface area contributed by atoms with Crippen LogP contribution in [0, 0.1) is 5.82 Å². The lowest BCUT2D eigenvalue weighted by Gasteiger charge is -1.99. The molecule has 0 unspecified atom stereocenters. The van der Waals surface area contributed by atoms with Crippen molar-refractivity contribution in [1.82, 2.24) is 0 Å². The van der Waals surface area contributed by atoms with Crippen LogP contribution in [0.25, 0.3) is 0 Å².